The standard InChI is InChI=1S/C8H18N2O2/c1-10-6-4-2-3-5-7(9)8(11)12/h7,10H,2-6,9H2,1H3,(H,11,12)/t7-/m1/s1. The molecule has 0 radical (unpaired) electrons. The van der Waals surface area contributed by atoms with Crippen LogP contribution in [0.1, 0.15) is 25.7 Å². The maximum atomic E-state index is 10.3. The zero-order chi connectivity index (χ0) is 9.40. The smallest absolute Gasteiger partial charge is 0.320 e. The maximum Gasteiger partial charge on any atom is 0.320 e. The van der Waals surface area contributed by atoms with Gasteiger partial charge in [-0.15, -0.1) is 0 Å². The summed E-state index contributed by atoms with van der Waals surface area (Å²) < 4.78 is 0. The van der Waals surface area contributed by atoms with Crippen LogP contribution < -0.4 is 11.1 Å². The van der Waals surface area contributed by atoms with Crippen molar-refractivity contribution >= 4 is 5.97 Å². The summed E-state index contributed by atoms with van der Waals surface area (Å²) in [5.74, 6) is -0.899. The molecule has 0 saturated heterocycles. The molecule has 0 aromatic rings. The van der Waals surface area contributed by atoms with Crippen molar-refractivity contribution in [1.82, 2.24) is 5.32 Å². The van der Waals surface area contributed by atoms with Crippen LogP contribution in [-0.4, -0.2) is 30.7 Å². The van der Waals surface area contributed by atoms with E-state index in [0.717, 1.165) is 25.8 Å². The topological polar surface area (TPSA) is 75.3 Å². The predicted molar refractivity (Wildman–Crippen MR) is 48.0 cm³/mol. The lowest BCUT2D eigenvalue weighted by atomic mass is 10.1. The number of unbranched alkanes of at least 4 members (excludes halogenated alkanes) is 2. The van der Waals surface area contributed by atoms with E-state index in [4.69, 9.17) is 10.8 Å². The first kappa shape index (κ1) is 11.4. The lowest BCUT2D eigenvalue weighted by Crippen LogP contribution is -2.29. The van der Waals surface area contributed by atoms with Gasteiger partial charge in [0.2, 0.25) is 0 Å². The molecular formula is C8H18N2O2. The number of carbonyl (C=O) groups is 1. The van der Waals surface area contributed by atoms with Gasteiger partial charge in [0.25, 0.3) is 0 Å². The Morgan fingerprint density at radius 1 is 1.50 bits per heavy atom. The van der Waals surface area contributed by atoms with E-state index < -0.39 is 12.0 Å². The third-order valence-corrected chi connectivity index (χ3v) is 1.76. The van der Waals surface area contributed by atoms with Crippen molar-refractivity contribution in [3.63, 3.8) is 0 Å². The second-order valence-corrected chi connectivity index (χ2v) is 2.90. The Balaban J connectivity index is 3.14. The number of hydrogen-bond donors (Lipinski definition) is 3. The molecule has 0 bridgehead atoms. The Kier molecular flexibility index (Phi) is 6.70. The molecule has 4 nitrogen and oxygen atoms in total. The van der Waals surface area contributed by atoms with Crippen LogP contribution in [0.15, 0.2) is 0 Å². The molecule has 0 aromatic carbocycles. The first-order valence-corrected chi connectivity index (χ1v) is 4.31. The molecule has 4 N–H and O–H groups in total. The van der Waals surface area contributed by atoms with Crippen molar-refractivity contribution in [2.75, 3.05) is 13.6 Å². The van der Waals surface area contributed by atoms with Gasteiger partial charge in [0, 0.05) is 0 Å². The Morgan fingerprint density at radius 2 is 2.17 bits per heavy atom. The molecule has 0 aliphatic rings. The Morgan fingerprint density at radius 3 is 2.67 bits per heavy atom. The van der Waals surface area contributed by atoms with Crippen LogP contribution in [0.2, 0.25) is 0 Å². The number of carboxylic acid groups (broad SMARTS) is 1. The monoisotopic (exact) mass is 174 g/mol. The van der Waals surface area contributed by atoms with Gasteiger partial charge in [0.1, 0.15) is 6.04 Å². The normalized spacial score (nSPS) is 12.8. The van der Waals surface area contributed by atoms with Crippen molar-refractivity contribution < 1.29 is 9.90 Å². The van der Waals surface area contributed by atoms with Gasteiger partial charge in [-0.3, -0.25) is 4.79 Å². The van der Waals surface area contributed by atoms with E-state index >= 15 is 0 Å². The average Bonchev–Trinajstić information content (AvgIpc) is 2.03. The summed E-state index contributed by atoms with van der Waals surface area (Å²) in [5, 5.41) is 11.5. The molecule has 0 aliphatic heterocycles. The minimum Gasteiger partial charge on any atom is -0.480 e. The molecule has 4 heteroatoms. The molecule has 72 valence electrons. The van der Waals surface area contributed by atoms with Crippen molar-refractivity contribution in [1.29, 1.82) is 0 Å². The third kappa shape index (κ3) is 6.12. The number of nitrogens with two attached hydrogens (primary N) is 1. The minimum absolute atomic E-state index is 0.582. The van der Waals surface area contributed by atoms with Gasteiger partial charge in [-0.25, -0.2) is 0 Å². The quantitative estimate of drug-likeness (QED) is 0.481. The highest BCUT2D eigenvalue weighted by atomic mass is 16.4. The molecule has 0 unspecified atom stereocenters. The number of rotatable bonds is 7. The highest BCUT2D eigenvalue weighted by molar-refractivity contribution is 5.72. The van der Waals surface area contributed by atoms with Gasteiger partial charge in [0.15, 0.2) is 0 Å². The first-order chi connectivity index (χ1) is 5.68. The lowest BCUT2D eigenvalue weighted by molar-refractivity contribution is -0.138. The van der Waals surface area contributed by atoms with Crippen LogP contribution >= 0.6 is 0 Å². The molecule has 0 aliphatic carbocycles. The molecule has 0 spiro atoms. The fraction of sp³-hybridized carbons (Fsp3) is 0.875. The van der Waals surface area contributed by atoms with Gasteiger partial charge in [-0.2, -0.15) is 0 Å². The Labute approximate surface area is 73.1 Å². The highest BCUT2D eigenvalue weighted by Gasteiger charge is 2.09. The van der Waals surface area contributed by atoms with E-state index in [1.807, 2.05) is 7.05 Å². The van der Waals surface area contributed by atoms with Crippen LogP contribution in [0.3, 0.4) is 0 Å². The van der Waals surface area contributed by atoms with E-state index in [9.17, 15) is 4.79 Å². The van der Waals surface area contributed by atoms with E-state index in [1.54, 1.807) is 0 Å². The van der Waals surface area contributed by atoms with Gasteiger partial charge < -0.3 is 16.2 Å². The Bertz CT molecular complexity index is 128. The van der Waals surface area contributed by atoms with Gasteiger partial charge in [0.05, 0.1) is 0 Å². The molecule has 0 amide bonds. The fourth-order valence-electron chi connectivity index (χ4n) is 0.966. The first-order valence-electron chi connectivity index (χ1n) is 4.31. The molecular weight excluding hydrogens is 156 g/mol. The minimum atomic E-state index is -0.899. The SMILES string of the molecule is CNCCCCC[C@@H](N)C(=O)O. The second-order valence-electron chi connectivity index (χ2n) is 2.90. The summed E-state index contributed by atoms with van der Waals surface area (Å²) >= 11 is 0. The van der Waals surface area contributed by atoms with E-state index in [2.05, 4.69) is 5.32 Å². The van der Waals surface area contributed by atoms with E-state index in [-0.39, 0.29) is 0 Å². The van der Waals surface area contributed by atoms with Crippen LogP contribution in [-0.2, 0) is 4.79 Å². The van der Waals surface area contributed by atoms with E-state index in [1.165, 1.54) is 0 Å². The molecule has 0 fully saturated rings. The summed E-state index contributed by atoms with van der Waals surface area (Å²) in [6.07, 6.45) is 3.61. The van der Waals surface area contributed by atoms with Crippen molar-refractivity contribution in [2.24, 2.45) is 5.73 Å². The molecule has 1 atom stereocenters. The predicted octanol–water partition coefficient (Wildman–Crippen LogP) is 0.178. The summed E-state index contributed by atoms with van der Waals surface area (Å²) in [5.41, 5.74) is 5.32. The molecule has 0 heterocycles. The van der Waals surface area contributed by atoms with Gasteiger partial charge >= 0.3 is 5.97 Å². The summed E-state index contributed by atoms with van der Waals surface area (Å²) in [4.78, 5) is 10.3. The summed E-state index contributed by atoms with van der Waals surface area (Å²) in [7, 11) is 1.91. The molecule has 0 aromatic heterocycles. The number of carboxylic acids is 1. The third-order valence-electron chi connectivity index (χ3n) is 1.76. The average molecular weight is 174 g/mol. The number of nitrogens with one attached hydrogen (secondary N) is 1. The van der Waals surface area contributed by atoms with Gasteiger partial charge in [-0.05, 0) is 26.4 Å². The van der Waals surface area contributed by atoms with Crippen molar-refractivity contribution in [2.45, 2.75) is 31.7 Å². The maximum absolute atomic E-state index is 10.3. The number of aliphatic carboxylic acids is 1. The summed E-state index contributed by atoms with van der Waals surface area (Å²) in [6, 6.07) is -0.681. The number of hydrogen-bond acceptors (Lipinski definition) is 3. The van der Waals surface area contributed by atoms with Crippen molar-refractivity contribution in [3.05, 3.63) is 0 Å². The lowest BCUT2D eigenvalue weighted by Gasteiger charge is -2.05. The Hall–Kier alpha value is -0.610. The molecule has 0 rings (SSSR count). The zero-order valence-corrected chi connectivity index (χ0v) is 7.55. The fourth-order valence-corrected chi connectivity index (χ4v) is 0.966. The largest absolute Gasteiger partial charge is 0.480 e. The van der Waals surface area contributed by atoms with Crippen LogP contribution in [0.4, 0.5) is 0 Å². The summed E-state index contributed by atoms with van der Waals surface area (Å²) in [6.45, 7) is 0.988. The van der Waals surface area contributed by atoms with Crippen LogP contribution in [0, 0.1) is 0 Å². The highest BCUT2D eigenvalue weighted by Crippen LogP contribution is 2.01. The van der Waals surface area contributed by atoms with E-state index in [0.29, 0.717) is 6.42 Å². The molecule has 0 saturated carbocycles. The van der Waals surface area contributed by atoms with Crippen LogP contribution in [0.5, 0.6) is 0 Å². The van der Waals surface area contributed by atoms with Crippen LogP contribution in [0.25, 0.3) is 0 Å². The van der Waals surface area contributed by atoms with Crippen molar-refractivity contribution in [3.8, 4) is 0 Å². The zero-order valence-electron chi connectivity index (χ0n) is 7.55. The molecule has 12 heavy (non-hydrogen) atoms. The second kappa shape index (κ2) is 7.06. The van der Waals surface area contributed by atoms with Gasteiger partial charge in [-0.1, -0.05) is 12.8 Å².